The second kappa shape index (κ2) is 5.16. The summed E-state index contributed by atoms with van der Waals surface area (Å²) in [6, 6.07) is 11.5. The summed E-state index contributed by atoms with van der Waals surface area (Å²) in [5, 5.41) is 0. The van der Waals surface area contributed by atoms with Gasteiger partial charge in [-0.25, -0.2) is 4.79 Å². The highest BCUT2D eigenvalue weighted by atomic mass is 16.5. The van der Waals surface area contributed by atoms with E-state index in [-0.39, 0.29) is 5.97 Å². The topological polar surface area (TPSA) is 39.4 Å². The van der Waals surface area contributed by atoms with Gasteiger partial charge in [0.25, 0.3) is 0 Å². The first kappa shape index (κ1) is 10.5. The quantitative estimate of drug-likeness (QED) is 0.737. The Bertz CT molecular complexity index is 431. The Morgan fingerprint density at radius 2 is 2.00 bits per heavy atom. The Morgan fingerprint density at radius 3 is 2.69 bits per heavy atom. The third kappa shape index (κ3) is 2.73. The molecule has 0 saturated carbocycles. The van der Waals surface area contributed by atoms with Crippen molar-refractivity contribution in [2.75, 3.05) is 6.61 Å². The average Bonchev–Trinajstić information content (AvgIpc) is 2.84. The van der Waals surface area contributed by atoms with Crippen LogP contribution in [0.2, 0.25) is 0 Å². The normalized spacial score (nSPS) is 10.0. The molecular formula is C13H12O3. The van der Waals surface area contributed by atoms with Crippen LogP contribution in [0.4, 0.5) is 0 Å². The number of hydrogen-bond acceptors (Lipinski definition) is 3. The number of benzene rings is 1. The number of ether oxygens (including phenoxy) is 1. The molecule has 0 aliphatic heterocycles. The first-order valence-electron chi connectivity index (χ1n) is 5.09. The van der Waals surface area contributed by atoms with Gasteiger partial charge in [-0.2, -0.15) is 0 Å². The lowest BCUT2D eigenvalue weighted by Crippen LogP contribution is -2.07. The fourth-order valence-corrected chi connectivity index (χ4v) is 1.37. The van der Waals surface area contributed by atoms with E-state index in [4.69, 9.17) is 9.15 Å². The third-order valence-electron chi connectivity index (χ3n) is 2.22. The Balaban J connectivity index is 1.79. The van der Waals surface area contributed by atoms with Gasteiger partial charge in [0.1, 0.15) is 6.26 Å². The zero-order valence-electron chi connectivity index (χ0n) is 8.76. The first-order chi connectivity index (χ1) is 7.86. The molecule has 0 unspecified atom stereocenters. The molecule has 0 saturated heterocycles. The predicted molar refractivity (Wildman–Crippen MR) is 59.1 cm³/mol. The van der Waals surface area contributed by atoms with Crippen molar-refractivity contribution < 1.29 is 13.9 Å². The predicted octanol–water partition coefficient (Wildman–Crippen LogP) is 2.68. The highest BCUT2D eigenvalue weighted by Crippen LogP contribution is 2.04. The van der Waals surface area contributed by atoms with Gasteiger partial charge in [-0.3, -0.25) is 0 Å². The molecule has 0 radical (unpaired) electrons. The minimum absolute atomic E-state index is 0.343. The van der Waals surface area contributed by atoms with Crippen molar-refractivity contribution >= 4 is 5.97 Å². The zero-order valence-corrected chi connectivity index (χ0v) is 8.76. The Labute approximate surface area is 93.7 Å². The average molecular weight is 216 g/mol. The summed E-state index contributed by atoms with van der Waals surface area (Å²) in [5.74, 6) is -0.343. The van der Waals surface area contributed by atoms with Gasteiger partial charge < -0.3 is 9.15 Å². The van der Waals surface area contributed by atoms with E-state index >= 15 is 0 Å². The van der Waals surface area contributed by atoms with Gasteiger partial charge in [-0.15, -0.1) is 0 Å². The number of hydrogen-bond donors (Lipinski definition) is 0. The van der Waals surface area contributed by atoms with Crippen molar-refractivity contribution in [3.8, 4) is 0 Å². The molecule has 1 heterocycles. The van der Waals surface area contributed by atoms with Crippen molar-refractivity contribution in [1.29, 1.82) is 0 Å². The summed E-state index contributed by atoms with van der Waals surface area (Å²) in [4.78, 5) is 11.4. The molecule has 0 aliphatic rings. The molecular weight excluding hydrogens is 204 g/mol. The van der Waals surface area contributed by atoms with E-state index in [1.807, 2.05) is 30.3 Å². The molecule has 2 aromatic rings. The van der Waals surface area contributed by atoms with Crippen LogP contribution in [-0.2, 0) is 11.2 Å². The molecule has 0 aliphatic carbocycles. The summed E-state index contributed by atoms with van der Waals surface area (Å²) in [7, 11) is 0. The van der Waals surface area contributed by atoms with Crippen molar-refractivity contribution in [2.24, 2.45) is 0 Å². The minimum atomic E-state index is -0.343. The lowest BCUT2D eigenvalue weighted by atomic mass is 10.2. The highest BCUT2D eigenvalue weighted by Gasteiger charge is 2.07. The third-order valence-corrected chi connectivity index (χ3v) is 2.22. The SMILES string of the molecule is O=C(OCCc1ccccc1)c1ccoc1. The summed E-state index contributed by atoms with van der Waals surface area (Å²) in [6.07, 6.45) is 3.56. The van der Waals surface area contributed by atoms with Gasteiger partial charge in [0.15, 0.2) is 0 Å². The highest BCUT2D eigenvalue weighted by molar-refractivity contribution is 5.88. The fraction of sp³-hybridized carbons (Fsp3) is 0.154. The zero-order chi connectivity index (χ0) is 11.2. The molecule has 82 valence electrons. The molecule has 0 bridgehead atoms. The van der Waals surface area contributed by atoms with Gasteiger partial charge in [0.2, 0.25) is 0 Å². The molecule has 0 spiro atoms. The molecule has 0 atom stereocenters. The summed E-state index contributed by atoms with van der Waals surface area (Å²) >= 11 is 0. The van der Waals surface area contributed by atoms with E-state index < -0.39 is 0 Å². The van der Waals surface area contributed by atoms with Gasteiger partial charge in [0, 0.05) is 6.42 Å². The van der Waals surface area contributed by atoms with Crippen LogP contribution in [0, 0.1) is 0 Å². The maximum Gasteiger partial charge on any atom is 0.341 e. The Kier molecular flexibility index (Phi) is 3.38. The van der Waals surface area contributed by atoms with Crippen LogP contribution in [-0.4, -0.2) is 12.6 Å². The smallest absolute Gasteiger partial charge is 0.341 e. The molecule has 0 N–H and O–H groups in total. The minimum Gasteiger partial charge on any atom is -0.472 e. The van der Waals surface area contributed by atoms with Crippen molar-refractivity contribution in [1.82, 2.24) is 0 Å². The van der Waals surface area contributed by atoms with Gasteiger partial charge in [-0.1, -0.05) is 30.3 Å². The molecule has 3 nitrogen and oxygen atoms in total. The summed E-state index contributed by atoms with van der Waals surface area (Å²) < 4.78 is 9.89. The molecule has 1 aromatic carbocycles. The van der Waals surface area contributed by atoms with Gasteiger partial charge in [-0.05, 0) is 11.6 Å². The molecule has 3 heteroatoms. The van der Waals surface area contributed by atoms with Crippen molar-refractivity contribution in [3.05, 3.63) is 60.1 Å². The van der Waals surface area contributed by atoms with E-state index in [0.29, 0.717) is 12.2 Å². The fourth-order valence-electron chi connectivity index (χ4n) is 1.37. The number of furan rings is 1. The van der Waals surface area contributed by atoms with Gasteiger partial charge in [0.05, 0.1) is 18.4 Å². The Morgan fingerprint density at radius 1 is 1.19 bits per heavy atom. The van der Waals surface area contributed by atoms with Crippen LogP contribution in [0.25, 0.3) is 0 Å². The standard InChI is InChI=1S/C13H12O3/c14-13(12-7-8-15-10-12)16-9-6-11-4-2-1-3-5-11/h1-5,7-8,10H,6,9H2. The number of carbonyl (C=O) groups excluding carboxylic acids is 1. The van der Waals surface area contributed by atoms with E-state index in [1.54, 1.807) is 6.07 Å². The van der Waals surface area contributed by atoms with E-state index in [2.05, 4.69) is 0 Å². The van der Waals surface area contributed by atoms with Crippen LogP contribution in [0.3, 0.4) is 0 Å². The van der Waals surface area contributed by atoms with Crippen LogP contribution in [0.15, 0.2) is 53.3 Å². The number of carbonyl (C=O) groups is 1. The van der Waals surface area contributed by atoms with Gasteiger partial charge >= 0.3 is 5.97 Å². The maximum absolute atomic E-state index is 11.4. The molecule has 2 rings (SSSR count). The van der Waals surface area contributed by atoms with Crippen LogP contribution in [0.1, 0.15) is 15.9 Å². The maximum atomic E-state index is 11.4. The summed E-state index contributed by atoms with van der Waals surface area (Å²) in [5.41, 5.74) is 1.61. The number of rotatable bonds is 4. The van der Waals surface area contributed by atoms with E-state index in [9.17, 15) is 4.79 Å². The molecule has 16 heavy (non-hydrogen) atoms. The van der Waals surface area contributed by atoms with E-state index in [0.717, 1.165) is 12.0 Å². The lowest BCUT2D eigenvalue weighted by Gasteiger charge is -2.02. The first-order valence-corrected chi connectivity index (χ1v) is 5.09. The second-order valence-corrected chi connectivity index (χ2v) is 3.38. The van der Waals surface area contributed by atoms with Crippen molar-refractivity contribution in [3.63, 3.8) is 0 Å². The van der Waals surface area contributed by atoms with E-state index in [1.165, 1.54) is 12.5 Å². The molecule has 0 amide bonds. The van der Waals surface area contributed by atoms with Crippen molar-refractivity contribution in [2.45, 2.75) is 6.42 Å². The lowest BCUT2D eigenvalue weighted by molar-refractivity contribution is 0.0508. The van der Waals surface area contributed by atoms with Crippen LogP contribution in [0.5, 0.6) is 0 Å². The second-order valence-electron chi connectivity index (χ2n) is 3.38. The largest absolute Gasteiger partial charge is 0.472 e. The van der Waals surface area contributed by atoms with Crippen LogP contribution >= 0.6 is 0 Å². The monoisotopic (exact) mass is 216 g/mol. The molecule has 0 fully saturated rings. The number of esters is 1. The molecule has 1 aromatic heterocycles. The van der Waals surface area contributed by atoms with Crippen LogP contribution < -0.4 is 0 Å². The summed E-state index contributed by atoms with van der Waals surface area (Å²) in [6.45, 7) is 0.383. The Hall–Kier alpha value is -2.03.